The number of hydrogen-bond donors (Lipinski definition) is 1. The summed E-state index contributed by atoms with van der Waals surface area (Å²) in [6, 6.07) is 9.50. The third-order valence-corrected chi connectivity index (χ3v) is 3.83. The number of para-hydroxylation sites is 1. The minimum Gasteiger partial charge on any atom is -0.326 e. The highest BCUT2D eigenvalue weighted by molar-refractivity contribution is 6.00. The number of anilines is 1. The van der Waals surface area contributed by atoms with E-state index in [1.54, 1.807) is 18.3 Å². The van der Waals surface area contributed by atoms with Gasteiger partial charge in [-0.25, -0.2) is 0 Å². The molecular formula is C19H22N2O2. The molecule has 0 atom stereocenters. The average Bonchev–Trinajstić information content (AvgIpc) is 2.60. The normalized spacial score (nSPS) is 10.3. The van der Waals surface area contributed by atoms with Crippen molar-refractivity contribution in [2.45, 2.75) is 39.5 Å². The quantitative estimate of drug-likeness (QED) is 0.791. The molecule has 0 saturated heterocycles. The Labute approximate surface area is 137 Å². The summed E-state index contributed by atoms with van der Waals surface area (Å²) in [4.78, 5) is 28.2. The lowest BCUT2D eigenvalue weighted by Crippen LogP contribution is -2.16. The second-order valence-electron chi connectivity index (χ2n) is 5.37. The third-order valence-electron chi connectivity index (χ3n) is 3.83. The van der Waals surface area contributed by atoms with Crippen LogP contribution in [0.1, 0.15) is 48.2 Å². The molecule has 0 radical (unpaired) electrons. The van der Waals surface area contributed by atoms with Crippen molar-refractivity contribution >= 4 is 17.4 Å². The monoisotopic (exact) mass is 310 g/mol. The van der Waals surface area contributed by atoms with Crippen molar-refractivity contribution in [3.63, 3.8) is 0 Å². The molecule has 4 heteroatoms. The Morgan fingerprint density at radius 1 is 1.00 bits per heavy atom. The highest BCUT2D eigenvalue weighted by atomic mass is 16.2. The van der Waals surface area contributed by atoms with Gasteiger partial charge in [0.05, 0.1) is 0 Å². The summed E-state index contributed by atoms with van der Waals surface area (Å²) in [5.74, 6) is -0.189. The molecule has 0 aliphatic heterocycles. The van der Waals surface area contributed by atoms with E-state index in [1.807, 2.05) is 18.2 Å². The van der Waals surface area contributed by atoms with Crippen molar-refractivity contribution in [1.29, 1.82) is 0 Å². The number of amides is 1. The number of nitrogens with one attached hydrogen (secondary N) is 1. The summed E-state index contributed by atoms with van der Waals surface area (Å²) in [6.07, 6.45) is 5.23. The Balaban J connectivity index is 1.99. The van der Waals surface area contributed by atoms with E-state index in [4.69, 9.17) is 0 Å². The van der Waals surface area contributed by atoms with Gasteiger partial charge in [-0.3, -0.25) is 14.6 Å². The van der Waals surface area contributed by atoms with Crippen LogP contribution >= 0.6 is 0 Å². The first kappa shape index (κ1) is 16.9. The topological polar surface area (TPSA) is 59.1 Å². The highest BCUT2D eigenvalue weighted by Crippen LogP contribution is 2.23. The van der Waals surface area contributed by atoms with Crippen molar-refractivity contribution in [3.8, 4) is 0 Å². The van der Waals surface area contributed by atoms with E-state index in [9.17, 15) is 9.59 Å². The number of carbonyl (C=O) groups is 2. The molecule has 0 bridgehead atoms. The number of hydrogen-bond acceptors (Lipinski definition) is 3. The minimum atomic E-state index is -0.127. The number of aryl methyl sites for hydroxylation is 2. The molecule has 1 aromatic carbocycles. The van der Waals surface area contributed by atoms with Gasteiger partial charge in [0.1, 0.15) is 0 Å². The second-order valence-corrected chi connectivity index (χ2v) is 5.37. The second kappa shape index (κ2) is 8.22. The molecule has 1 N–H and O–H groups in total. The molecule has 120 valence electrons. The van der Waals surface area contributed by atoms with Crippen LogP contribution in [0.5, 0.6) is 0 Å². The predicted octanol–water partition coefficient (Wildman–Crippen LogP) is 3.81. The maximum Gasteiger partial charge on any atom is 0.224 e. The zero-order chi connectivity index (χ0) is 16.7. The molecule has 1 heterocycles. The molecule has 0 saturated carbocycles. The van der Waals surface area contributed by atoms with Crippen LogP contribution in [-0.2, 0) is 17.6 Å². The molecule has 23 heavy (non-hydrogen) atoms. The fourth-order valence-electron chi connectivity index (χ4n) is 2.50. The van der Waals surface area contributed by atoms with Gasteiger partial charge >= 0.3 is 0 Å². The number of nitrogens with zero attached hydrogens (tertiary/aromatic N) is 1. The van der Waals surface area contributed by atoms with Gasteiger partial charge in [0, 0.05) is 36.5 Å². The molecule has 4 nitrogen and oxygen atoms in total. The van der Waals surface area contributed by atoms with Crippen LogP contribution in [0.25, 0.3) is 0 Å². The maximum absolute atomic E-state index is 12.2. The number of pyridine rings is 1. The van der Waals surface area contributed by atoms with E-state index in [0.717, 1.165) is 29.7 Å². The van der Waals surface area contributed by atoms with Crippen LogP contribution in [0.3, 0.4) is 0 Å². The zero-order valence-electron chi connectivity index (χ0n) is 13.6. The van der Waals surface area contributed by atoms with Gasteiger partial charge in [0.25, 0.3) is 0 Å². The van der Waals surface area contributed by atoms with Gasteiger partial charge in [-0.1, -0.05) is 32.0 Å². The summed E-state index contributed by atoms with van der Waals surface area (Å²) >= 11 is 0. The molecule has 0 aliphatic rings. The molecule has 0 aliphatic carbocycles. The third kappa shape index (κ3) is 4.49. The Morgan fingerprint density at radius 2 is 1.70 bits per heavy atom. The smallest absolute Gasteiger partial charge is 0.224 e. The zero-order valence-corrected chi connectivity index (χ0v) is 13.6. The van der Waals surface area contributed by atoms with E-state index >= 15 is 0 Å². The van der Waals surface area contributed by atoms with Crippen molar-refractivity contribution in [3.05, 3.63) is 59.4 Å². The van der Waals surface area contributed by atoms with Crippen molar-refractivity contribution in [2.75, 3.05) is 5.32 Å². The van der Waals surface area contributed by atoms with Gasteiger partial charge in [0.2, 0.25) is 5.91 Å². The van der Waals surface area contributed by atoms with Crippen molar-refractivity contribution in [2.24, 2.45) is 0 Å². The number of aromatic nitrogens is 1. The van der Waals surface area contributed by atoms with Crippen LogP contribution in [0, 0.1) is 0 Å². The summed E-state index contributed by atoms with van der Waals surface area (Å²) in [6.45, 7) is 4.13. The Bertz CT molecular complexity index is 659. The summed E-state index contributed by atoms with van der Waals surface area (Å²) in [5.41, 5.74) is 3.69. The molecule has 2 rings (SSSR count). The Kier molecular flexibility index (Phi) is 6.03. The predicted molar refractivity (Wildman–Crippen MR) is 91.6 cm³/mol. The first-order valence-electron chi connectivity index (χ1n) is 7.99. The van der Waals surface area contributed by atoms with Gasteiger partial charge in [0.15, 0.2) is 5.78 Å². The van der Waals surface area contributed by atoms with Crippen LogP contribution in [0.2, 0.25) is 0 Å². The van der Waals surface area contributed by atoms with Crippen LogP contribution < -0.4 is 5.32 Å². The molecule has 1 aromatic heterocycles. The van der Waals surface area contributed by atoms with E-state index in [2.05, 4.69) is 24.1 Å². The number of rotatable bonds is 7. The SMILES string of the molecule is CCc1cccc(CC)c1NC(=O)CCC(=O)c1cccnc1. The molecule has 1 amide bonds. The van der Waals surface area contributed by atoms with E-state index < -0.39 is 0 Å². The summed E-state index contributed by atoms with van der Waals surface area (Å²) < 4.78 is 0. The number of ketones is 1. The molecule has 0 unspecified atom stereocenters. The van der Waals surface area contributed by atoms with Gasteiger partial charge in [-0.05, 0) is 36.1 Å². The maximum atomic E-state index is 12.2. The number of carbonyl (C=O) groups excluding carboxylic acids is 2. The van der Waals surface area contributed by atoms with Crippen LogP contribution in [-0.4, -0.2) is 16.7 Å². The fraction of sp³-hybridized carbons (Fsp3) is 0.316. The molecule has 0 fully saturated rings. The Morgan fingerprint density at radius 3 is 2.26 bits per heavy atom. The minimum absolute atomic E-state index is 0.0623. The first-order valence-corrected chi connectivity index (χ1v) is 7.99. The fourth-order valence-corrected chi connectivity index (χ4v) is 2.50. The van der Waals surface area contributed by atoms with Gasteiger partial charge in [-0.15, -0.1) is 0 Å². The van der Waals surface area contributed by atoms with E-state index in [-0.39, 0.29) is 24.5 Å². The van der Waals surface area contributed by atoms with E-state index in [0.29, 0.717) is 5.56 Å². The van der Waals surface area contributed by atoms with E-state index in [1.165, 1.54) is 6.20 Å². The lowest BCUT2D eigenvalue weighted by Gasteiger charge is -2.14. The highest BCUT2D eigenvalue weighted by Gasteiger charge is 2.12. The van der Waals surface area contributed by atoms with Gasteiger partial charge < -0.3 is 5.32 Å². The molecule has 0 spiro atoms. The lowest BCUT2D eigenvalue weighted by atomic mass is 10.0. The molecular weight excluding hydrogens is 288 g/mol. The van der Waals surface area contributed by atoms with Crippen LogP contribution in [0.15, 0.2) is 42.7 Å². The first-order chi connectivity index (χ1) is 11.2. The summed E-state index contributed by atoms with van der Waals surface area (Å²) in [7, 11) is 0. The van der Waals surface area contributed by atoms with Gasteiger partial charge in [-0.2, -0.15) is 0 Å². The molecule has 2 aromatic rings. The Hall–Kier alpha value is -2.49. The van der Waals surface area contributed by atoms with Crippen molar-refractivity contribution < 1.29 is 9.59 Å². The lowest BCUT2D eigenvalue weighted by molar-refractivity contribution is -0.116. The average molecular weight is 310 g/mol. The van der Waals surface area contributed by atoms with Crippen LogP contribution in [0.4, 0.5) is 5.69 Å². The standard InChI is InChI=1S/C19H22N2O2/c1-3-14-7-5-8-15(4-2)19(14)21-18(23)11-10-17(22)16-9-6-12-20-13-16/h5-9,12-13H,3-4,10-11H2,1-2H3,(H,21,23). The largest absolute Gasteiger partial charge is 0.326 e. The number of benzene rings is 1. The summed E-state index contributed by atoms with van der Waals surface area (Å²) in [5, 5.41) is 2.98. The van der Waals surface area contributed by atoms with Crippen molar-refractivity contribution in [1.82, 2.24) is 4.98 Å². The number of Topliss-reactive ketones (excluding diaryl/α,β-unsaturated/α-hetero) is 1.